The normalized spacial score (nSPS) is 39.6. The van der Waals surface area contributed by atoms with Crippen LogP contribution in [0.4, 0.5) is 5.69 Å². The van der Waals surface area contributed by atoms with Crippen LogP contribution in [0.2, 0.25) is 0 Å². The number of cyclic esters (lactones) is 1. The van der Waals surface area contributed by atoms with Gasteiger partial charge in [0.1, 0.15) is 29.7 Å². The number of esters is 2. The maximum absolute atomic E-state index is 14.1. The SMILES string of the molecule is CC[C@H]1OC(=O)[C@H](C)[C@@H](OC(=O)Cc2ccc([N+](=O)[O-])cc2)[C@H](C)[C@@H](O[C@@H]2O[C@H](C)C[C@H](N(C)C3CC3)[C@H]2O)[C@](C)(OC)C[C@@H](C)C(=O)[C@H](C)[C@@H](O)[C@]1(C)O. The Morgan fingerprint density at radius 1 is 1.05 bits per heavy atom. The lowest BCUT2D eigenvalue weighted by molar-refractivity contribution is -0.384. The fourth-order valence-electron chi connectivity index (χ4n) is 8.52. The summed E-state index contributed by atoms with van der Waals surface area (Å²) in [7, 11) is 3.43. The predicted octanol–water partition coefficient (Wildman–Crippen LogP) is 3.75. The number of methoxy groups -OCH3 is 1. The molecular weight excluding hydrogens is 716 g/mol. The molecule has 1 aromatic rings. The second-order valence-electron chi connectivity index (χ2n) is 16.6. The fourth-order valence-corrected chi connectivity index (χ4v) is 8.52. The summed E-state index contributed by atoms with van der Waals surface area (Å²) in [4.78, 5) is 54.6. The van der Waals surface area contributed by atoms with E-state index in [9.17, 15) is 39.8 Å². The molecule has 0 bridgehead atoms. The number of ether oxygens (including phenoxy) is 5. The molecule has 2 heterocycles. The third-order valence-electron chi connectivity index (χ3n) is 12.2. The molecule has 0 spiro atoms. The number of hydrogen-bond acceptors (Lipinski definition) is 14. The summed E-state index contributed by atoms with van der Waals surface area (Å²) in [5.41, 5.74) is -3.08. The molecule has 0 radical (unpaired) electrons. The Morgan fingerprint density at radius 2 is 1.67 bits per heavy atom. The van der Waals surface area contributed by atoms with E-state index in [1.54, 1.807) is 27.7 Å². The Kier molecular flexibility index (Phi) is 14.6. The summed E-state index contributed by atoms with van der Waals surface area (Å²) < 4.78 is 31.3. The number of nitro benzene ring substituents is 1. The summed E-state index contributed by atoms with van der Waals surface area (Å²) in [6.07, 6.45) is -5.27. The Balaban J connectivity index is 1.80. The van der Waals surface area contributed by atoms with Gasteiger partial charge in [0.15, 0.2) is 6.29 Å². The molecule has 0 unspecified atom stereocenters. The molecule has 310 valence electrons. The quantitative estimate of drug-likeness (QED) is 0.176. The number of aliphatic hydroxyl groups excluding tert-OH is 2. The van der Waals surface area contributed by atoms with Crippen molar-refractivity contribution < 1.29 is 58.3 Å². The van der Waals surface area contributed by atoms with Crippen LogP contribution in [0.25, 0.3) is 0 Å². The second kappa shape index (κ2) is 18.0. The minimum absolute atomic E-state index is 0.0415. The van der Waals surface area contributed by atoms with Gasteiger partial charge in [0, 0.05) is 49.1 Å². The summed E-state index contributed by atoms with van der Waals surface area (Å²) in [5, 5.41) is 46.0. The lowest BCUT2D eigenvalue weighted by Crippen LogP contribution is -2.61. The van der Waals surface area contributed by atoms with Crippen LogP contribution in [0.1, 0.15) is 93.1 Å². The van der Waals surface area contributed by atoms with Gasteiger partial charge < -0.3 is 39.0 Å². The van der Waals surface area contributed by atoms with Crippen LogP contribution in [-0.4, -0.2) is 123 Å². The molecule has 15 heteroatoms. The molecule has 2 aliphatic heterocycles. The van der Waals surface area contributed by atoms with Crippen molar-refractivity contribution in [3.63, 3.8) is 0 Å². The van der Waals surface area contributed by atoms with E-state index in [1.165, 1.54) is 52.1 Å². The van der Waals surface area contributed by atoms with Gasteiger partial charge in [0.2, 0.25) is 0 Å². The van der Waals surface area contributed by atoms with Gasteiger partial charge in [-0.3, -0.25) is 29.4 Å². The van der Waals surface area contributed by atoms with Crippen LogP contribution < -0.4 is 0 Å². The monoisotopic (exact) mass is 778 g/mol. The molecule has 1 aliphatic carbocycles. The zero-order chi connectivity index (χ0) is 41.2. The molecule has 55 heavy (non-hydrogen) atoms. The highest BCUT2D eigenvalue weighted by Gasteiger charge is 2.53. The number of nitrogens with zero attached hydrogens (tertiary/aromatic N) is 2. The Bertz CT molecular complexity index is 1500. The standard InChI is InChI=1S/C40H62N2O13/c1-11-30-40(8,48)35(46)23(4)32(44)21(2)20-39(7,51-10)36(55-38-33(45)29(18-22(3)52-38)41(9)27-16-17-27)24(5)34(25(6)37(47)53-30)54-31(43)19-26-12-14-28(15-13-26)42(49)50/h12-15,21-25,27,29-30,33-36,38,45-46,48H,11,16-20H2,1-10H3/t21-,22-,23+,24+,25-,29+,30-,33-,34+,35-,36-,38+,39-,40-/m1/s1. The summed E-state index contributed by atoms with van der Waals surface area (Å²) >= 11 is 0. The molecule has 1 aromatic carbocycles. The fraction of sp³-hybridized carbons (Fsp3) is 0.775. The number of Topliss-reactive ketones (excluding diaryl/α,β-unsaturated/α-hetero) is 1. The number of benzene rings is 1. The molecule has 4 rings (SSSR count). The summed E-state index contributed by atoms with van der Waals surface area (Å²) in [6.45, 7) is 13.1. The van der Waals surface area contributed by atoms with E-state index in [0.717, 1.165) is 12.8 Å². The van der Waals surface area contributed by atoms with Gasteiger partial charge in [-0.25, -0.2) is 0 Å². The molecule has 0 aromatic heterocycles. The van der Waals surface area contributed by atoms with Crippen molar-refractivity contribution in [3.05, 3.63) is 39.9 Å². The molecule has 3 N–H and O–H groups in total. The van der Waals surface area contributed by atoms with Crippen molar-refractivity contribution >= 4 is 23.4 Å². The largest absolute Gasteiger partial charge is 0.461 e. The molecule has 1 saturated carbocycles. The van der Waals surface area contributed by atoms with Gasteiger partial charge in [-0.05, 0) is 72.4 Å². The van der Waals surface area contributed by atoms with Gasteiger partial charge in [0.25, 0.3) is 5.69 Å². The van der Waals surface area contributed by atoms with Gasteiger partial charge in [-0.15, -0.1) is 0 Å². The Morgan fingerprint density at radius 3 is 2.22 bits per heavy atom. The Hall–Kier alpha value is -3.05. The van der Waals surface area contributed by atoms with Crippen LogP contribution >= 0.6 is 0 Å². The smallest absolute Gasteiger partial charge is 0.312 e. The second-order valence-corrected chi connectivity index (χ2v) is 16.6. The van der Waals surface area contributed by atoms with Crippen molar-refractivity contribution in [2.75, 3.05) is 14.2 Å². The Labute approximate surface area is 324 Å². The molecule has 2 saturated heterocycles. The lowest BCUT2D eigenvalue weighted by Gasteiger charge is -2.48. The average molecular weight is 779 g/mol. The zero-order valence-corrected chi connectivity index (χ0v) is 33.9. The van der Waals surface area contributed by atoms with E-state index in [0.29, 0.717) is 18.0 Å². The number of rotatable bonds is 10. The van der Waals surface area contributed by atoms with Gasteiger partial charge in [-0.2, -0.15) is 0 Å². The lowest BCUT2D eigenvalue weighted by atomic mass is 9.74. The first-order valence-corrected chi connectivity index (χ1v) is 19.5. The van der Waals surface area contributed by atoms with E-state index >= 15 is 0 Å². The minimum Gasteiger partial charge on any atom is -0.461 e. The van der Waals surface area contributed by atoms with Crippen molar-refractivity contribution in [2.24, 2.45) is 23.7 Å². The third-order valence-corrected chi connectivity index (χ3v) is 12.2. The zero-order valence-electron chi connectivity index (χ0n) is 33.9. The van der Waals surface area contributed by atoms with E-state index < -0.39 is 88.5 Å². The summed E-state index contributed by atoms with van der Waals surface area (Å²) in [6, 6.07) is 5.50. The van der Waals surface area contributed by atoms with Gasteiger partial charge in [0.05, 0.1) is 41.2 Å². The van der Waals surface area contributed by atoms with Crippen LogP contribution in [0.15, 0.2) is 24.3 Å². The number of carbonyl (C=O) groups is 3. The van der Waals surface area contributed by atoms with Crippen molar-refractivity contribution in [3.8, 4) is 0 Å². The van der Waals surface area contributed by atoms with E-state index in [4.69, 9.17) is 23.7 Å². The van der Waals surface area contributed by atoms with Crippen molar-refractivity contribution in [1.82, 2.24) is 4.90 Å². The number of carbonyl (C=O) groups excluding carboxylic acids is 3. The first-order chi connectivity index (χ1) is 25.7. The van der Waals surface area contributed by atoms with Gasteiger partial charge in [-0.1, -0.05) is 39.8 Å². The topological polar surface area (TPSA) is 204 Å². The number of non-ortho nitro benzene ring substituents is 1. The highest BCUT2D eigenvalue weighted by Crippen LogP contribution is 2.41. The molecular formula is C40H62N2O13. The van der Waals surface area contributed by atoms with Gasteiger partial charge >= 0.3 is 11.9 Å². The average Bonchev–Trinajstić information content (AvgIpc) is 4.00. The summed E-state index contributed by atoms with van der Waals surface area (Å²) in [5.74, 6) is -5.81. The minimum atomic E-state index is -2.03. The van der Waals surface area contributed by atoms with Crippen LogP contribution in [-0.2, 0) is 44.5 Å². The third kappa shape index (κ3) is 10.1. The van der Waals surface area contributed by atoms with Crippen LogP contribution in [0, 0.1) is 33.8 Å². The van der Waals surface area contributed by atoms with Crippen LogP contribution in [0.3, 0.4) is 0 Å². The van der Waals surface area contributed by atoms with Crippen molar-refractivity contribution in [2.45, 2.75) is 160 Å². The van der Waals surface area contributed by atoms with E-state index in [2.05, 4.69) is 4.90 Å². The number of ketones is 1. The molecule has 3 fully saturated rings. The molecule has 0 amide bonds. The highest BCUT2D eigenvalue weighted by atomic mass is 16.7. The number of likely N-dealkylation sites (N-methyl/N-ethyl adjacent to an activating group) is 1. The maximum atomic E-state index is 14.1. The number of hydrogen-bond donors (Lipinski definition) is 3. The molecule has 3 aliphatic rings. The first kappa shape index (κ1) is 44.7. The van der Waals surface area contributed by atoms with E-state index in [1.807, 2.05) is 14.0 Å². The maximum Gasteiger partial charge on any atom is 0.312 e. The first-order valence-electron chi connectivity index (χ1n) is 19.5. The molecule has 14 atom stereocenters. The number of nitro groups is 1. The van der Waals surface area contributed by atoms with E-state index in [-0.39, 0.29) is 42.9 Å². The number of aliphatic hydroxyl groups is 3. The molecule has 15 nitrogen and oxygen atoms in total. The van der Waals surface area contributed by atoms with Crippen molar-refractivity contribution in [1.29, 1.82) is 0 Å². The predicted molar refractivity (Wildman–Crippen MR) is 200 cm³/mol. The van der Waals surface area contributed by atoms with Crippen LogP contribution in [0.5, 0.6) is 0 Å². The highest BCUT2D eigenvalue weighted by molar-refractivity contribution is 5.83.